The van der Waals surface area contributed by atoms with Gasteiger partial charge in [0.05, 0.1) is 17.0 Å². The van der Waals surface area contributed by atoms with E-state index in [9.17, 15) is 14.0 Å². The van der Waals surface area contributed by atoms with E-state index in [0.29, 0.717) is 25.6 Å². The molecule has 0 aliphatic carbocycles. The lowest BCUT2D eigenvalue weighted by Crippen LogP contribution is -2.53. The molecule has 37 heavy (non-hydrogen) atoms. The monoisotopic (exact) mass is 507 g/mol. The van der Waals surface area contributed by atoms with Gasteiger partial charge in [0.15, 0.2) is 0 Å². The summed E-state index contributed by atoms with van der Waals surface area (Å²) >= 11 is 0. The summed E-state index contributed by atoms with van der Waals surface area (Å²) in [7, 11) is 0. The summed E-state index contributed by atoms with van der Waals surface area (Å²) in [5, 5.41) is 2.84. The highest BCUT2D eigenvalue weighted by Crippen LogP contribution is 2.41. The van der Waals surface area contributed by atoms with Crippen molar-refractivity contribution in [2.45, 2.75) is 57.4 Å². The normalized spacial score (nSPS) is 22.4. The standard InChI is InChI=1S/C30H38FN3O3/c31-26-12-3-2-11-25(26)28(35)32-17-21-33-19-15-30(16-20-33)14-6-5-9-23-8-1-4-13-27(23)37-22-24-10-7-18-34(24)29(30)36/h1-4,8,11-13,24H,5-7,9-10,14-22H2,(H,32,35)/t24-/m1/s1. The van der Waals surface area contributed by atoms with Crippen molar-refractivity contribution in [3.63, 3.8) is 0 Å². The summed E-state index contributed by atoms with van der Waals surface area (Å²) in [6.07, 6.45) is 7.69. The molecule has 2 amide bonds. The second-order valence-electron chi connectivity index (χ2n) is 10.8. The van der Waals surface area contributed by atoms with Gasteiger partial charge in [-0.25, -0.2) is 4.39 Å². The highest BCUT2D eigenvalue weighted by atomic mass is 19.1. The Labute approximate surface area is 219 Å². The molecule has 2 fully saturated rings. The summed E-state index contributed by atoms with van der Waals surface area (Å²) in [5.74, 6) is 0.396. The number of nitrogens with zero attached hydrogens (tertiary/aromatic N) is 2. The first-order valence-corrected chi connectivity index (χ1v) is 13.8. The van der Waals surface area contributed by atoms with Crippen molar-refractivity contribution in [3.05, 3.63) is 65.5 Å². The Morgan fingerprint density at radius 3 is 2.62 bits per heavy atom. The Hall–Kier alpha value is -2.93. The fraction of sp³-hybridized carbons (Fsp3) is 0.533. The van der Waals surface area contributed by atoms with E-state index in [2.05, 4.69) is 33.3 Å². The molecule has 0 bridgehead atoms. The van der Waals surface area contributed by atoms with Crippen molar-refractivity contribution < 1.29 is 18.7 Å². The second kappa shape index (κ2) is 11.6. The van der Waals surface area contributed by atoms with Gasteiger partial charge in [0.1, 0.15) is 18.2 Å². The first-order valence-electron chi connectivity index (χ1n) is 13.8. The lowest BCUT2D eigenvalue weighted by atomic mass is 9.73. The molecule has 3 aliphatic heterocycles. The van der Waals surface area contributed by atoms with E-state index in [1.54, 1.807) is 12.1 Å². The predicted molar refractivity (Wildman–Crippen MR) is 141 cm³/mol. The van der Waals surface area contributed by atoms with E-state index in [1.807, 2.05) is 6.07 Å². The van der Waals surface area contributed by atoms with Gasteiger partial charge in [-0.2, -0.15) is 0 Å². The molecule has 2 aromatic carbocycles. The predicted octanol–water partition coefficient (Wildman–Crippen LogP) is 4.43. The summed E-state index contributed by atoms with van der Waals surface area (Å²) in [5.41, 5.74) is 1.03. The van der Waals surface area contributed by atoms with Crippen LogP contribution in [-0.2, 0) is 11.2 Å². The number of aryl methyl sites for hydroxylation is 1. The smallest absolute Gasteiger partial charge is 0.254 e. The van der Waals surface area contributed by atoms with Crippen molar-refractivity contribution in [2.24, 2.45) is 5.41 Å². The van der Waals surface area contributed by atoms with Gasteiger partial charge in [-0.3, -0.25) is 9.59 Å². The van der Waals surface area contributed by atoms with E-state index in [-0.39, 0.29) is 22.9 Å². The van der Waals surface area contributed by atoms with Crippen LogP contribution in [0.3, 0.4) is 0 Å². The van der Waals surface area contributed by atoms with Crippen LogP contribution in [0.2, 0.25) is 0 Å². The third kappa shape index (κ3) is 5.82. The summed E-state index contributed by atoms with van der Waals surface area (Å²) in [4.78, 5) is 30.8. The Bertz CT molecular complexity index is 1100. The van der Waals surface area contributed by atoms with Gasteiger partial charge in [0.2, 0.25) is 5.91 Å². The molecule has 6 nitrogen and oxygen atoms in total. The molecule has 7 heteroatoms. The van der Waals surface area contributed by atoms with Gasteiger partial charge in [-0.15, -0.1) is 0 Å². The van der Waals surface area contributed by atoms with E-state index in [0.717, 1.165) is 76.8 Å². The van der Waals surface area contributed by atoms with Crippen molar-refractivity contribution in [1.82, 2.24) is 15.1 Å². The minimum atomic E-state index is -0.505. The number of hydrogen-bond acceptors (Lipinski definition) is 4. The molecule has 0 aromatic heterocycles. The Morgan fingerprint density at radius 1 is 1.00 bits per heavy atom. The minimum Gasteiger partial charge on any atom is -0.491 e. The number of benzene rings is 2. The maximum absolute atomic E-state index is 14.0. The molecule has 1 spiro atoms. The number of likely N-dealkylation sites (tertiary alicyclic amines) is 1. The zero-order chi connectivity index (χ0) is 25.7. The molecule has 0 saturated carbocycles. The highest BCUT2D eigenvalue weighted by Gasteiger charge is 2.45. The van der Waals surface area contributed by atoms with Gasteiger partial charge in [-0.1, -0.05) is 36.8 Å². The molecule has 0 radical (unpaired) electrons. The van der Waals surface area contributed by atoms with Gasteiger partial charge >= 0.3 is 0 Å². The van der Waals surface area contributed by atoms with E-state index in [4.69, 9.17) is 4.74 Å². The average Bonchev–Trinajstić information content (AvgIpc) is 3.39. The quantitative estimate of drug-likeness (QED) is 0.665. The number of carbonyl (C=O) groups excluding carboxylic acids is 2. The number of carbonyl (C=O) groups is 2. The number of ether oxygens (including phenoxy) is 1. The SMILES string of the molecule is O=C(NCCN1CCC2(CCCCc3ccccc3OC[C@H]3CCCN3C2=O)CC1)c1ccccc1F. The lowest BCUT2D eigenvalue weighted by molar-refractivity contribution is -0.147. The molecule has 1 N–H and O–H groups in total. The summed E-state index contributed by atoms with van der Waals surface area (Å²) in [6.45, 7) is 4.20. The number of fused-ring (bicyclic) bond motifs is 2. The van der Waals surface area contributed by atoms with E-state index >= 15 is 0 Å². The van der Waals surface area contributed by atoms with Crippen LogP contribution in [0.15, 0.2) is 48.5 Å². The van der Waals surface area contributed by atoms with Crippen LogP contribution in [0.25, 0.3) is 0 Å². The van der Waals surface area contributed by atoms with Crippen LogP contribution >= 0.6 is 0 Å². The zero-order valence-corrected chi connectivity index (χ0v) is 21.6. The maximum atomic E-state index is 14.0. The van der Waals surface area contributed by atoms with Crippen molar-refractivity contribution in [3.8, 4) is 5.75 Å². The molecular formula is C30H38FN3O3. The zero-order valence-electron chi connectivity index (χ0n) is 21.6. The second-order valence-corrected chi connectivity index (χ2v) is 10.8. The summed E-state index contributed by atoms with van der Waals surface area (Å²) < 4.78 is 20.1. The number of piperidine rings is 1. The number of nitrogens with one attached hydrogen (secondary N) is 1. The number of para-hydroxylation sites is 1. The minimum absolute atomic E-state index is 0.0747. The molecular weight excluding hydrogens is 469 g/mol. The molecule has 198 valence electrons. The first kappa shape index (κ1) is 25.7. The van der Waals surface area contributed by atoms with Crippen LogP contribution in [0.5, 0.6) is 5.75 Å². The van der Waals surface area contributed by atoms with Crippen LogP contribution < -0.4 is 10.1 Å². The molecule has 0 unspecified atom stereocenters. The molecule has 2 saturated heterocycles. The Morgan fingerprint density at radius 2 is 1.78 bits per heavy atom. The average molecular weight is 508 g/mol. The number of halogens is 1. The van der Waals surface area contributed by atoms with Gasteiger partial charge in [-0.05, 0) is 81.8 Å². The van der Waals surface area contributed by atoms with Crippen molar-refractivity contribution in [1.29, 1.82) is 0 Å². The maximum Gasteiger partial charge on any atom is 0.254 e. The van der Waals surface area contributed by atoms with E-state index < -0.39 is 5.82 Å². The van der Waals surface area contributed by atoms with E-state index in [1.165, 1.54) is 17.7 Å². The molecule has 5 rings (SSSR count). The van der Waals surface area contributed by atoms with Gasteiger partial charge in [0.25, 0.3) is 5.91 Å². The van der Waals surface area contributed by atoms with Crippen molar-refractivity contribution >= 4 is 11.8 Å². The Kier molecular flexibility index (Phi) is 8.08. The van der Waals surface area contributed by atoms with Crippen LogP contribution in [0.1, 0.15) is 60.9 Å². The van der Waals surface area contributed by atoms with Crippen LogP contribution in [0, 0.1) is 11.2 Å². The third-order valence-electron chi connectivity index (χ3n) is 8.49. The number of hydrogen-bond donors (Lipinski definition) is 1. The molecule has 3 heterocycles. The molecule has 2 aromatic rings. The lowest BCUT2D eigenvalue weighted by Gasteiger charge is -2.44. The molecule has 1 atom stereocenters. The first-order chi connectivity index (χ1) is 18.1. The molecule has 3 aliphatic rings. The number of amides is 2. The van der Waals surface area contributed by atoms with Crippen molar-refractivity contribution in [2.75, 3.05) is 39.3 Å². The Balaban J connectivity index is 1.20. The number of rotatable bonds is 4. The van der Waals surface area contributed by atoms with Crippen LogP contribution in [-0.4, -0.2) is 67.0 Å². The third-order valence-corrected chi connectivity index (χ3v) is 8.49. The van der Waals surface area contributed by atoms with Crippen LogP contribution in [0.4, 0.5) is 4.39 Å². The highest BCUT2D eigenvalue weighted by molar-refractivity contribution is 5.94. The topological polar surface area (TPSA) is 61.9 Å². The fourth-order valence-corrected chi connectivity index (χ4v) is 6.24. The largest absolute Gasteiger partial charge is 0.491 e. The summed E-state index contributed by atoms with van der Waals surface area (Å²) in [6, 6.07) is 14.5. The van der Waals surface area contributed by atoms with Gasteiger partial charge in [0, 0.05) is 19.6 Å². The fourth-order valence-electron chi connectivity index (χ4n) is 6.24. The van der Waals surface area contributed by atoms with Gasteiger partial charge < -0.3 is 19.9 Å².